The lowest BCUT2D eigenvalue weighted by molar-refractivity contribution is 0.240. The molecule has 9 aliphatic carbocycles. The van der Waals surface area contributed by atoms with Gasteiger partial charge in [-0.2, -0.15) is 0 Å². The van der Waals surface area contributed by atoms with Gasteiger partial charge < -0.3 is 16.0 Å². The Morgan fingerprint density at radius 3 is 0.370 bits per heavy atom. The van der Waals surface area contributed by atoms with Crippen molar-refractivity contribution in [2.45, 2.75) is 474 Å². The van der Waals surface area contributed by atoms with Crippen LogP contribution in [0.2, 0.25) is 0 Å². The molecule has 9 aliphatic rings. The van der Waals surface area contributed by atoms with Gasteiger partial charge in [-0.1, -0.05) is 378 Å². The first-order valence-corrected chi connectivity index (χ1v) is 50.3. The maximum atomic E-state index is 3.29. The molecule has 0 atom stereocenters. The van der Waals surface area contributed by atoms with Gasteiger partial charge >= 0.3 is 0 Å². The van der Waals surface area contributed by atoms with Gasteiger partial charge in [-0.15, -0.1) is 0 Å². The summed E-state index contributed by atoms with van der Waals surface area (Å²) in [5, 5.41) is 9.88. The molecule has 0 amide bonds. The minimum Gasteiger partial charge on any atom is -0.319 e. The van der Waals surface area contributed by atoms with E-state index >= 15 is 0 Å². The van der Waals surface area contributed by atoms with Crippen LogP contribution < -0.4 is 16.0 Å². The maximum Gasteiger partial charge on any atom is -0.00235 e. The van der Waals surface area contributed by atoms with Gasteiger partial charge in [0.1, 0.15) is 0 Å². The normalized spacial score (nSPS) is 31.0. The van der Waals surface area contributed by atoms with Crippen molar-refractivity contribution in [1.82, 2.24) is 16.0 Å². The summed E-state index contributed by atoms with van der Waals surface area (Å²) in [7, 11) is 6.21. The van der Waals surface area contributed by atoms with Crippen molar-refractivity contribution in [3.05, 3.63) is 0 Å². The zero-order chi connectivity index (χ0) is 80.8. The van der Waals surface area contributed by atoms with E-state index in [-0.39, 0.29) is 0 Å². The SMILES string of the molecule is CC(C)CC1CCC(C)CC1.CC(C)CC1CCC(C)CC1.CC(C)CC1CCC(C)CC1.CCC1CCC(CC(C)C)CC1.CCC1CCC(CC(C)C)CC1.CCC1CCC(CC(C)C)CC1.CNCC1CCC(CC(C)C)CC1.CNCC1CCC(CC(C)C)CC1.CNCC1CCC(CC(C)C)CC1. The molecule has 0 radical (unpaired) electrons. The van der Waals surface area contributed by atoms with E-state index in [2.05, 4.69) is 203 Å². The molecule has 648 valence electrons. The monoisotopic (exact) mass is 1520 g/mol. The average Bonchev–Trinajstić information content (AvgIpc) is 0.975. The van der Waals surface area contributed by atoms with E-state index in [9.17, 15) is 0 Å². The molecule has 0 aromatic rings. The first kappa shape index (κ1) is 106. The fourth-order valence-electron chi connectivity index (χ4n) is 22.2. The molecule has 3 heteroatoms. The summed E-state index contributed by atoms with van der Waals surface area (Å²) in [6.45, 7) is 60.2. The van der Waals surface area contributed by atoms with Crippen LogP contribution in [0.1, 0.15) is 474 Å². The molecule has 0 unspecified atom stereocenters. The lowest BCUT2D eigenvalue weighted by atomic mass is 9.78. The lowest BCUT2D eigenvalue weighted by Crippen LogP contribution is -2.24. The third-order valence-corrected chi connectivity index (χ3v) is 28.7. The van der Waals surface area contributed by atoms with Gasteiger partial charge in [0.25, 0.3) is 0 Å². The Bertz CT molecular complexity index is 1630. The Morgan fingerprint density at radius 2 is 0.269 bits per heavy atom. The first-order valence-electron chi connectivity index (χ1n) is 50.3. The Morgan fingerprint density at radius 1 is 0.167 bits per heavy atom. The Balaban J connectivity index is 0.000000608. The third-order valence-electron chi connectivity index (χ3n) is 28.7. The highest BCUT2D eigenvalue weighted by atomic mass is 14.8. The molecule has 3 nitrogen and oxygen atoms in total. The molecule has 0 spiro atoms. The number of rotatable bonds is 27. The zero-order valence-corrected chi connectivity index (χ0v) is 80.2. The molecule has 3 N–H and O–H groups in total. The molecule has 0 saturated heterocycles. The van der Waals surface area contributed by atoms with Gasteiger partial charge in [0.15, 0.2) is 0 Å². The molecular formula is C105H213N3. The van der Waals surface area contributed by atoms with Crippen LogP contribution in [0.25, 0.3) is 0 Å². The second-order valence-corrected chi connectivity index (χ2v) is 44.3. The fourth-order valence-corrected chi connectivity index (χ4v) is 22.2. The molecule has 0 aromatic carbocycles. The van der Waals surface area contributed by atoms with Crippen molar-refractivity contribution in [2.24, 2.45) is 160 Å². The van der Waals surface area contributed by atoms with Crippen molar-refractivity contribution in [3.8, 4) is 0 Å². The van der Waals surface area contributed by atoms with Crippen LogP contribution in [-0.4, -0.2) is 40.8 Å². The quantitative estimate of drug-likeness (QED) is 0.0767. The average molecular weight is 1520 g/mol. The largest absolute Gasteiger partial charge is 0.319 e. The van der Waals surface area contributed by atoms with Gasteiger partial charge in [0.05, 0.1) is 0 Å². The molecule has 9 fully saturated rings. The van der Waals surface area contributed by atoms with E-state index in [1.807, 2.05) is 0 Å². The summed E-state index contributed by atoms with van der Waals surface area (Å²) >= 11 is 0. The van der Waals surface area contributed by atoms with E-state index in [4.69, 9.17) is 0 Å². The second-order valence-electron chi connectivity index (χ2n) is 44.3. The minimum absolute atomic E-state index is 0.894. The Kier molecular flexibility index (Phi) is 64.6. The summed E-state index contributed by atoms with van der Waals surface area (Å²) in [6, 6.07) is 0. The maximum absolute atomic E-state index is 3.29. The van der Waals surface area contributed by atoms with Crippen LogP contribution in [0.3, 0.4) is 0 Å². The van der Waals surface area contributed by atoms with E-state index in [1.54, 1.807) is 0 Å². The van der Waals surface area contributed by atoms with Crippen LogP contribution in [0.15, 0.2) is 0 Å². The highest BCUT2D eigenvalue weighted by Crippen LogP contribution is 2.40. The number of nitrogens with one attached hydrogen (secondary N) is 3. The molecule has 0 bridgehead atoms. The second kappa shape index (κ2) is 65.9. The summed E-state index contributed by atoms with van der Waals surface area (Å²) in [5.41, 5.74) is 0. The summed E-state index contributed by atoms with van der Waals surface area (Å²) in [4.78, 5) is 0. The highest BCUT2D eigenvalue weighted by Gasteiger charge is 2.28. The van der Waals surface area contributed by atoms with E-state index in [1.165, 1.54) is 328 Å². The van der Waals surface area contributed by atoms with Gasteiger partial charge in [0, 0.05) is 0 Å². The third kappa shape index (κ3) is 58.7. The minimum atomic E-state index is 0.894. The van der Waals surface area contributed by atoms with Crippen molar-refractivity contribution < 1.29 is 0 Å². The molecule has 108 heavy (non-hydrogen) atoms. The van der Waals surface area contributed by atoms with Crippen LogP contribution in [0, 0.1) is 160 Å². The van der Waals surface area contributed by atoms with Crippen molar-refractivity contribution in [1.29, 1.82) is 0 Å². The number of hydrogen-bond donors (Lipinski definition) is 3. The highest BCUT2D eigenvalue weighted by molar-refractivity contribution is 4.80. The molecule has 0 heterocycles. The zero-order valence-electron chi connectivity index (χ0n) is 80.2. The molecular weight excluding hydrogens is 1300 g/mol. The molecule has 9 saturated carbocycles. The van der Waals surface area contributed by atoms with Crippen molar-refractivity contribution >= 4 is 0 Å². The van der Waals surface area contributed by atoms with Gasteiger partial charge in [-0.3, -0.25) is 0 Å². The predicted octanol–water partition coefficient (Wildman–Crippen LogP) is 33.5. The summed E-state index contributed by atoms with van der Waals surface area (Å²) in [6.07, 6.45) is 71.0. The molecule has 0 aromatic heterocycles. The first-order chi connectivity index (χ1) is 51.4. The fraction of sp³-hybridized carbons (Fsp3) is 1.00. The standard InChI is InChI=1S/3C12H25N.3C12H24.3C11H22/c3*1-10(2)8-11-4-6-12(7-5-11)9-13-3;3*1-4-11-5-7-12(8-6-11)9-10(2)3;3*1-9(2)8-11-6-4-10(3)5-7-11/h3*10-13H,4-9H2,1-3H3;3*10-12H,4-9H2,1-3H3;3*9-11H,4-8H2,1-3H3. The van der Waals surface area contributed by atoms with Gasteiger partial charge in [0.2, 0.25) is 0 Å². The van der Waals surface area contributed by atoms with Gasteiger partial charge in [-0.25, -0.2) is 0 Å². The van der Waals surface area contributed by atoms with Crippen LogP contribution in [-0.2, 0) is 0 Å². The molecule has 0 aliphatic heterocycles. The van der Waals surface area contributed by atoms with Crippen LogP contribution >= 0.6 is 0 Å². The predicted molar refractivity (Wildman–Crippen MR) is 494 cm³/mol. The number of hydrogen-bond acceptors (Lipinski definition) is 3. The van der Waals surface area contributed by atoms with Gasteiger partial charge in [-0.05, 0) is 297 Å². The smallest absolute Gasteiger partial charge is 0.00235 e. The summed E-state index contributed by atoms with van der Waals surface area (Å²) < 4.78 is 0. The van der Waals surface area contributed by atoms with Crippen LogP contribution in [0.4, 0.5) is 0 Å². The van der Waals surface area contributed by atoms with E-state index in [0.29, 0.717) is 0 Å². The lowest BCUT2D eigenvalue weighted by Gasteiger charge is -2.29. The van der Waals surface area contributed by atoms with E-state index < -0.39 is 0 Å². The Hall–Kier alpha value is -0.120. The molecule has 9 rings (SSSR count). The summed E-state index contributed by atoms with van der Waals surface area (Å²) in [5.74, 6) is 26.7. The Labute approximate surface area is 686 Å². The topological polar surface area (TPSA) is 36.1 Å². The van der Waals surface area contributed by atoms with E-state index in [0.717, 1.165) is 160 Å². The van der Waals surface area contributed by atoms with Crippen molar-refractivity contribution in [2.75, 3.05) is 40.8 Å². The van der Waals surface area contributed by atoms with Crippen LogP contribution in [0.5, 0.6) is 0 Å². The van der Waals surface area contributed by atoms with Crippen molar-refractivity contribution in [3.63, 3.8) is 0 Å².